The van der Waals surface area contributed by atoms with Crippen LogP contribution in [0.2, 0.25) is 0 Å². The van der Waals surface area contributed by atoms with E-state index >= 15 is 0 Å². The highest BCUT2D eigenvalue weighted by molar-refractivity contribution is 5.77. The molecule has 4 unspecified atom stereocenters. The van der Waals surface area contributed by atoms with Crippen LogP contribution >= 0.6 is 0 Å². The van der Waals surface area contributed by atoms with Crippen LogP contribution < -0.4 is 5.32 Å². The van der Waals surface area contributed by atoms with Gasteiger partial charge in [-0.2, -0.15) is 0 Å². The fourth-order valence-corrected chi connectivity index (χ4v) is 13.0. The highest BCUT2D eigenvalue weighted by Gasteiger charge is 2.72. The molecule has 7 heteroatoms. The molecule has 10 atom stereocenters. The number of fused-ring (bicyclic) bond motifs is 7. The van der Waals surface area contributed by atoms with Crippen LogP contribution in [0.4, 0.5) is 4.79 Å². The van der Waals surface area contributed by atoms with E-state index in [2.05, 4.69) is 52.1 Å². The number of hydrogen-bond donors (Lipinski definition) is 3. The maximum Gasteiger partial charge on any atom is 0.407 e. The van der Waals surface area contributed by atoms with Crippen LogP contribution in [0, 0.1) is 56.7 Å². The Morgan fingerprint density at radius 3 is 2.17 bits per heavy atom. The molecule has 0 aromatic carbocycles. The third kappa shape index (κ3) is 4.82. The number of amides is 1. The highest BCUT2D eigenvalue weighted by atomic mass is 16.6. The Balaban J connectivity index is 1.31. The lowest BCUT2D eigenvalue weighted by atomic mass is 9.32. The Hall–Kier alpha value is -2.31. The Labute approximate surface area is 276 Å². The number of nitrogens with one attached hydrogen (secondary N) is 1. The molecular formula is C39H59NO6. The van der Waals surface area contributed by atoms with Gasteiger partial charge in [0.15, 0.2) is 0 Å². The van der Waals surface area contributed by atoms with Gasteiger partial charge in [-0.15, -0.1) is 0 Å². The topological polar surface area (TPSA) is 113 Å². The Morgan fingerprint density at radius 1 is 0.848 bits per heavy atom. The van der Waals surface area contributed by atoms with Crippen molar-refractivity contribution in [3.05, 3.63) is 23.3 Å². The molecule has 0 aromatic heterocycles. The lowest BCUT2D eigenvalue weighted by molar-refractivity contribution is -0.228. The molecule has 0 saturated heterocycles. The Kier molecular flexibility index (Phi) is 7.92. The first-order valence-corrected chi connectivity index (χ1v) is 18.2. The molecular weight excluding hydrogens is 578 g/mol. The average molecular weight is 638 g/mol. The molecule has 46 heavy (non-hydrogen) atoms. The Morgan fingerprint density at radius 2 is 1.57 bits per heavy atom. The van der Waals surface area contributed by atoms with E-state index in [4.69, 9.17) is 4.74 Å². The first-order chi connectivity index (χ1) is 21.3. The van der Waals surface area contributed by atoms with Crippen molar-refractivity contribution < 1.29 is 29.3 Å². The highest BCUT2D eigenvalue weighted by Crippen LogP contribution is 2.77. The predicted molar refractivity (Wildman–Crippen MR) is 178 cm³/mol. The molecule has 3 N–H and O–H groups in total. The van der Waals surface area contributed by atoms with E-state index in [1.54, 1.807) is 0 Å². The summed E-state index contributed by atoms with van der Waals surface area (Å²) in [5.41, 5.74) is 1.63. The number of carboxylic acid groups (broad SMARTS) is 2. The minimum Gasteiger partial charge on any atom is -0.481 e. The van der Waals surface area contributed by atoms with Gasteiger partial charge in [-0.05, 0) is 154 Å². The van der Waals surface area contributed by atoms with Crippen molar-refractivity contribution in [1.29, 1.82) is 0 Å². The number of carboxylic acids is 2. The summed E-state index contributed by atoms with van der Waals surface area (Å²) >= 11 is 0. The summed E-state index contributed by atoms with van der Waals surface area (Å²) in [6.07, 6.45) is 14.8. The smallest absolute Gasteiger partial charge is 0.407 e. The minimum atomic E-state index is -0.786. The van der Waals surface area contributed by atoms with Crippen LogP contribution in [-0.2, 0) is 14.3 Å². The molecule has 0 spiro atoms. The quantitative estimate of drug-likeness (QED) is 0.284. The van der Waals surface area contributed by atoms with Crippen molar-refractivity contribution in [3.8, 4) is 0 Å². The summed E-state index contributed by atoms with van der Waals surface area (Å²) in [6.45, 7) is 18.1. The number of hydrogen-bond acceptors (Lipinski definition) is 4. The molecule has 6 aliphatic carbocycles. The molecule has 0 bridgehead atoms. The normalized spacial score (nSPS) is 44.7. The zero-order valence-electron chi connectivity index (χ0n) is 29.6. The van der Waals surface area contributed by atoms with Crippen LogP contribution in [0.25, 0.3) is 0 Å². The fraction of sp³-hybridized carbons (Fsp3) is 0.821. The van der Waals surface area contributed by atoms with Crippen LogP contribution in [-0.4, -0.2) is 39.9 Å². The molecule has 6 rings (SSSR count). The summed E-state index contributed by atoms with van der Waals surface area (Å²) in [5, 5.41) is 23.5. The van der Waals surface area contributed by atoms with Gasteiger partial charge in [0.1, 0.15) is 5.60 Å². The summed E-state index contributed by atoms with van der Waals surface area (Å²) in [6, 6.07) is -0.189. The number of alkyl carbamates (subject to hydrolysis) is 1. The van der Waals surface area contributed by atoms with Gasteiger partial charge < -0.3 is 20.3 Å². The summed E-state index contributed by atoms with van der Waals surface area (Å²) < 4.78 is 5.67. The molecule has 0 radical (unpaired) electrons. The van der Waals surface area contributed by atoms with Crippen molar-refractivity contribution in [2.75, 3.05) is 0 Å². The summed E-state index contributed by atoms with van der Waals surface area (Å²) in [5.74, 6) is -0.421. The summed E-state index contributed by atoms with van der Waals surface area (Å²) in [4.78, 5) is 37.7. The summed E-state index contributed by atoms with van der Waals surface area (Å²) in [7, 11) is 0. The van der Waals surface area contributed by atoms with Crippen molar-refractivity contribution in [1.82, 2.24) is 5.32 Å². The number of aliphatic carboxylic acids is 2. The molecule has 6 aliphatic rings. The predicted octanol–water partition coefficient (Wildman–Crippen LogP) is 8.78. The van der Waals surface area contributed by atoms with E-state index in [1.807, 2.05) is 20.8 Å². The number of carbonyl (C=O) groups excluding carboxylic acids is 1. The van der Waals surface area contributed by atoms with Crippen LogP contribution in [0.15, 0.2) is 23.3 Å². The van der Waals surface area contributed by atoms with Crippen LogP contribution in [0.5, 0.6) is 0 Å². The standard InChI is InChI=1S/C39H59NO6/c1-34(2,3)46-33(45)40-27-16-20-39(32(43)44)22-21-37(7)26(30(27)39)13-14-29-36(6)18-15-25(23-9-11-24(12-10-23)31(41)42)35(4,5)28(36)17-19-38(29,37)8/h9,15,24,26-30H,10-14,16-22H2,1-8H3,(H,40,45)(H,41,42)(H,43,44)/t24?,26-,27-,28?,29?,30?,36+,37-,38-,39+/m1/s1. The van der Waals surface area contributed by atoms with E-state index in [9.17, 15) is 24.6 Å². The van der Waals surface area contributed by atoms with E-state index in [1.165, 1.54) is 11.1 Å². The monoisotopic (exact) mass is 637 g/mol. The average Bonchev–Trinajstić information content (AvgIpc) is 3.31. The van der Waals surface area contributed by atoms with Crippen LogP contribution in [0.1, 0.15) is 132 Å². The molecule has 4 saturated carbocycles. The van der Waals surface area contributed by atoms with Gasteiger partial charge in [0, 0.05) is 6.04 Å². The molecule has 4 fully saturated rings. The van der Waals surface area contributed by atoms with Gasteiger partial charge in [0.2, 0.25) is 0 Å². The first kappa shape index (κ1) is 33.6. The molecule has 0 aromatic rings. The maximum atomic E-state index is 13.1. The van der Waals surface area contributed by atoms with Crippen LogP contribution in [0.3, 0.4) is 0 Å². The van der Waals surface area contributed by atoms with Gasteiger partial charge in [-0.1, -0.05) is 46.8 Å². The van der Waals surface area contributed by atoms with E-state index in [-0.39, 0.29) is 45.5 Å². The SMILES string of the molecule is CC(C)(C)OC(=O)N[C@@H]1CC[C@]2(C(=O)O)CC[C@]3(C)[C@H](CCC4[C@@]5(C)CC=C(C6=CCC(C(=O)O)CC6)C(C)(C)C5CC[C@]43C)C12. The van der Waals surface area contributed by atoms with Gasteiger partial charge in [-0.3, -0.25) is 9.59 Å². The number of rotatable bonds is 4. The molecule has 7 nitrogen and oxygen atoms in total. The second-order valence-electron chi connectivity index (χ2n) is 18.5. The second-order valence-corrected chi connectivity index (χ2v) is 18.5. The zero-order valence-corrected chi connectivity index (χ0v) is 29.6. The van der Waals surface area contributed by atoms with E-state index < -0.39 is 29.0 Å². The van der Waals surface area contributed by atoms with E-state index in [0.717, 1.165) is 51.4 Å². The number of ether oxygens (including phenoxy) is 1. The van der Waals surface area contributed by atoms with Crippen molar-refractivity contribution >= 4 is 18.0 Å². The fourth-order valence-electron chi connectivity index (χ4n) is 13.0. The van der Waals surface area contributed by atoms with Crippen molar-refractivity contribution in [3.63, 3.8) is 0 Å². The van der Waals surface area contributed by atoms with Gasteiger partial charge in [0.05, 0.1) is 11.3 Å². The third-order valence-corrected chi connectivity index (χ3v) is 15.2. The second kappa shape index (κ2) is 10.9. The molecule has 256 valence electrons. The maximum absolute atomic E-state index is 13.1. The van der Waals surface area contributed by atoms with Crippen molar-refractivity contribution in [2.45, 2.75) is 144 Å². The van der Waals surface area contributed by atoms with Gasteiger partial charge in [0.25, 0.3) is 0 Å². The van der Waals surface area contributed by atoms with Gasteiger partial charge in [-0.25, -0.2) is 4.79 Å². The van der Waals surface area contributed by atoms with Gasteiger partial charge >= 0.3 is 18.0 Å². The number of allylic oxidation sites excluding steroid dienone is 4. The molecule has 0 aliphatic heterocycles. The lowest BCUT2D eigenvalue weighted by Gasteiger charge is -2.72. The minimum absolute atomic E-state index is 0.00683. The largest absolute Gasteiger partial charge is 0.481 e. The van der Waals surface area contributed by atoms with E-state index in [0.29, 0.717) is 37.5 Å². The Bertz CT molecular complexity index is 1360. The molecule has 1 amide bonds. The zero-order chi connectivity index (χ0) is 33.7. The first-order valence-electron chi connectivity index (χ1n) is 18.2. The third-order valence-electron chi connectivity index (χ3n) is 15.2. The lowest BCUT2D eigenvalue weighted by Crippen LogP contribution is -2.66. The number of carbonyl (C=O) groups is 3. The molecule has 0 heterocycles. The van der Waals surface area contributed by atoms with Crippen molar-refractivity contribution in [2.24, 2.45) is 56.7 Å².